The van der Waals surface area contributed by atoms with Gasteiger partial charge in [-0.2, -0.15) is 0 Å². The van der Waals surface area contributed by atoms with E-state index in [1.807, 2.05) is 0 Å². The van der Waals surface area contributed by atoms with E-state index < -0.39 is 36.1 Å². The zero-order valence-corrected chi connectivity index (χ0v) is 7.07. The summed E-state index contributed by atoms with van der Waals surface area (Å²) >= 11 is 0. The molecule has 0 aromatic heterocycles. The number of rotatable bonds is 0. The van der Waals surface area contributed by atoms with Crippen molar-refractivity contribution < 1.29 is 30.6 Å². The highest BCUT2D eigenvalue weighted by molar-refractivity contribution is 5.05. The minimum atomic E-state index is -2.03. The van der Waals surface area contributed by atoms with E-state index in [0.29, 0.717) is 0 Å². The van der Waals surface area contributed by atoms with E-state index in [1.165, 1.54) is 0 Å². The molecule has 1 rings (SSSR count). The smallest absolute Gasteiger partial charge is 0.119 e. The Kier molecular flexibility index (Phi) is 2.63. The van der Waals surface area contributed by atoms with Crippen LogP contribution in [0.25, 0.3) is 0 Å². The standard InChI is InChI=1S/C7H14O6/c1-7(13)5(11)3(9)2(8)4(10)6(7)12/h2-6,8-13H,1H3/t2-,3-,4+,5+,6-,7+. The summed E-state index contributed by atoms with van der Waals surface area (Å²) in [5.74, 6) is 0. The predicted molar refractivity (Wildman–Crippen MR) is 40.7 cm³/mol. The van der Waals surface area contributed by atoms with Gasteiger partial charge in [0.05, 0.1) is 0 Å². The van der Waals surface area contributed by atoms with Gasteiger partial charge in [-0.05, 0) is 6.92 Å². The topological polar surface area (TPSA) is 121 Å². The second kappa shape index (κ2) is 3.16. The summed E-state index contributed by atoms with van der Waals surface area (Å²) in [6.07, 6.45) is -8.39. The third-order valence-corrected chi connectivity index (χ3v) is 2.54. The zero-order valence-electron chi connectivity index (χ0n) is 7.07. The van der Waals surface area contributed by atoms with Gasteiger partial charge >= 0.3 is 0 Å². The van der Waals surface area contributed by atoms with Crippen LogP contribution in [0.2, 0.25) is 0 Å². The molecule has 0 aliphatic heterocycles. The van der Waals surface area contributed by atoms with Gasteiger partial charge in [0.1, 0.15) is 36.1 Å². The molecule has 6 nitrogen and oxygen atoms in total. The molecule has 0 bridgehead atoms. The molecule has 6 N–H and O–H groups in total. The number of hydrogen-bond acceptors (Lipinski definition) is 6. The van der Waals surface area contributed by atoms with E-state index in [-0.39, 0.29) is 0 Å². The summed E-state index contributed by atoms with van der Waals surface area (Å²) in [6.45, 7) is 1.07. The molecule has 0 heterocycles. The van der Waals surface area contributed by atoms with Gasteiger partial charge in [-0.1, -0.05) is 0 Å². The quantitative estimate of drug-likeness (QED) is 0.238. The Morgan fingerprint density at radius 2 is 1.08 bits per heavy atom. The van der Waals surface area contributed by atoms with Crippen LogP contribution in [0.3, 0.4) is 0 Å². The molecule has 0 saturated heterocycles. The Bertz CT molecular complexity index is 175. The van der Waals surface area contributed by atoms with Crippen molar-refractivity contribution in [3.8, 4) is 0 Å². The number of aliphatic hydroxyl groups excluding tert-OH is 5. The Hall–Kier alpha value is -0.240. The molecule has 6 heteroatoms. The van der Waals surface area contributed by atoms with Crippen LogP contribution in [0.1, 0.15) is 6.92 Å². The van der Waals surface area contributed by atoms with Gasteiger partial charge in [-0.3, -0.25) is 0 Å². The van der Waals surface area contributed by atoms with E-state index in [1.54, 1.807) is 0 Å². The zero-order chi connectivity index (χ0) is 10.4. The maximum absolute atomic E-state index is 9.44. The van der Waals surface area contributed by atoms with Crippen molar-refractivity contribution in [2.45, 2.75) is 43.0 Å². The molecule has 13 heavy (non-hydrogen) atoms. The molecule has 0 unspecified atom stereocenters. The van der Waals surface area contributed by atoms with Gasteiger partial charge in [-0.15, -0.1) is 0 Å². The van der Waals surface area contributed by atoms with Gasteiger partial charge < -0.3 is 30.6 Å². The van der Waals surface area contributed by atoms with Gasteiger partial charge in [0, 0.05) is 0 Å². The van der Waals surface area contributed by atoms with Gasteiger partial charge in [0.2, 0.25) is 0 Å². The van der Waals surface area contributed by atoms with Crippen LogP contribution in [0.5, 0.6) is 0 Å². The van der Waals surface area contributed by atoms with Crippen LogP contribution in [-0.2, 0) is 0 Å². The van der Waals surface area contributed by atoms with Gasteiger partial charge in [-0.25, -0.2) is 0 Å². The lowest BCUT2D eigenvalue weighted by atomic mass is 9.76. The third kappa shape index (κ3) is 1.45. The molecule has 0 aromatic carbocycles. The summed E-state index contributed by atoms with van der Waals surface area (Å²) < 4.78 is 0. The maximum Gasteiger partial charge on any atom is 0.119 e. The first-order valence-electron chi connectivity index (χ1n) is 3.93. The maximum atomic E-state index is 9.44. The van der Waals surface area contributed by atoms with Gasteiger partial charge in [0.25, 0.3) is 0 Å². The van der Waals surface area contributed by atoms with Crippen molar-refractivity contribution in [3.63, 3.8) is 0 Å². The van der Waals surface area contributed by atoms with E-state index in [2.05, 4.69) is 0 Å². The van der Waals surface area contributed by atoms with E-state index in [0.717, 1.165) is 6.92 Å². The first-order chi connectivity index (χ1) is 5.80. The summed E-state index contributed by atoms with van der Waals surface area (Å²) in [6, 6.07) is 0. The van der Waals surface area contributed by atoms with Crippen molar-refractivity contribution in [2.75, 3.05) is 0 Å². The van der Waals surface area contributed by atoms with Crippen molar-refractivity contribution in [3.05, 3.63) is 0 Å². The van der Waals surface area contributed by atoms with Crippen molar-refractivity contribution >= 4 is 0 Å². The Morgan fingerprint density at radius 1 is 0.769 bits per heavy atom. The highest BCUT2D eigenvalue weighted by atomic mass is 16.4. The summed E-state index contributed by atoms with van der Waals surface area (Å²) in [7, 11) is 0. The normalized spacial score (nSPS) is 57.9. The van der Waals surface area contributed by atoms with Crippen LogP contribution >= 0.6 is 0 Å². The van der Waals surface area contributed by atoms with Crippen molar-refractivity contribution in [2.24, 2.45) is 0 Å². The molecule has 1 aliphatic carbocycles. The van der Waals surface area contributed by atoms with Crippen LogP contribution in [-0.4, -0.2) is 66.8 Å². The van der Waals surface area contributed by atoms with Crippen LogP contribution < -0.4 is 0 Å². The van der Waals surface area contributed by atoms with Gasteiger partial charge in [0.15, 0.2) is 0 Å². The Morgan fingerprint density at radius 3 is 1.38 bits per heavy atom. The van der Waals surface area contributed by atoms with Crippen molar-refractivity contribution in [1.82, 2.24) is 0 Å². The predicted octanol–water partition coefficient (Wildman–Crippen LogP) is -3.44. The number of aliphatic hydroxyl groups is 6. The fourth-order valence-electron chi connectivity index (χ4n) is 1.44. The SMILES string of the molecule is C[C@@]1(O)[C@H](O)[C@@H](O)[C@H](O)[C@@H](O)[C@@H]1O. The minimum Gasteiger partial charge on any atom is -0.387 e. The average molecular weight is 194 g/mol. The third-order valence-electron chi connectivity index (χ3n) is 2.54. The molecular formula is C7H14O6. The second-order valence-corrected chi connectivity index (χ2v) is 3.59. The molecule has 0 radical (unpaired) electrons. The van der Waals surface area contributed by atoms with Crippen molar-refractivity contribution in [1.29, 1.82) is 0 Å². The lowest BCUT2D eigenvalue weighted by Gasteiger charge is -2.45. The largest absolute Gasteiger partial charge is 0.387 e. The first-order valence-corrected chi connectivity index (χ1v) is 3.93. The molecule has 0 spiro atoms. The average Bonchev–Trinajstić information content (AvgIpc) is 2.09. The van der Waals surface area contributed by atoms with E-state index in [4.69, 9.17) is 15.3 Å². The van der Waals surface area contributed by atoms with Crippen LogP contribution in [0.4, 0.5) is 0 Å². The first kappa shape index (κ1) is 10.8. The fraction of sp³-hybridized carbons (Fsp3) is 1.00. The molecule has 0 amide bonds. The summed E-state index contributed by atoms with van der Waals surface area (Å²) in [5.41, 5.74) is -2.03. The fourth-order valence-corrected chi connectivity index (χ4v) is 1.44. The molecule has 1 saturated carbocycles. The van der Waals surface area contributed by atoms with Crippen LogP contribution in [0.15, 0.2) is 0 Å². The Labute approximate surface area is 74.7 Å². The van der Waals surface area contributed by atoms with Crippen LogP contribution in [0, 0.1) is 0 Å². The lowest BCUT2D eigenvalue weighted by Crippen LogP contribution is -2.69. The molecule has 0 aromatic rings. The highest BCUT2D eigenvalue weighted by Crippen LogP contribution is 2.29. The van der Waals surface area contributed by atoms with E-state index in [9.17, 15) is 15.3 Å². The molecule has 1 aliphatic rings. The highest BCUT2D eigenvalue weighted by Gasteiger charge is 2.54. The minimum absolute atomic E-state index is 1.07. The molecular weight excluding hydrogens is 180 g/mol. The summed E-state index contributed by atoms with van der Waals surface area (Å²) in [5, 5.41) is 55.3. The number of hydrogen-bond donors (Lipinski definition) is 6. The monoisotopic (exact) mass is 194 g/mol. The molecule has 6 atom stereocenters. The molecule has 1 fully saturated rings. The molecule has 78 valence electrons. The summed E-state index contributed by atoms with van der Waals surface area (Å²) in [4.78, 5) is 0. The Balaban J connectivity index is 2.93. The lowest BCUT2D eigenvalue weighted by molar-refractivity contribution is -0.261. The van der Waals surface area contributed by atoms with E-state index >= 15 is 0 Å². The second-order valence-electron chi connectivity index (χ2n) is 3.59.